The van der Waals surface area contributed by atoms with E-state index in [1.165, 1.54) is 0 Å². The summed E-state index contributed by atoms with van der Waals surface area (Å²) in [5.74, 6) is 0. The van der Waals surface area contributed by atoms with E-state index in [-0.39, 0.29) is 0 Å². The van der Waals surface area contributed by atoms with E-state index < -0.39 is 74.6 Å². The lowest BCUT2D eigenvalue weighted by atomic mass is 9.97. The largest absolute Gasteiger partial charge is 0.394 e. The van der Waals surface area contributed by atoms with E-state index in [9.17, 15) is 30.6 Å². The molecule has 2 heterocycles. The van der Waals surface area contributed by atoms with Crippen LogP contribution in [0.3, 0.4) is 0 Å². The van der Waals surface area contributed by atoms with Gasteiger partial charge in [0.05, 0.1) is 13.2 Å². The highest BCUT2D eigenvalue weighted by atomic mass is 16.7. The molecule has 2 fully saturated rings. The molecule has 2 aliphatic heterocycles. The molecule has 136 valence electrons. The highest BCUT2D eigenvalue weighted by Gasteiger charge is 2.50. The highest BCUT2D eigenvalue weighted by Crippen LogP contribution is 2.28. The van der Waals surface area contributed by atoms with E-state index >= 15 is 0 Å². The van der Waals surface area contributed by atoms with E-state index in [1.807, 2.05) is 0 Å². The first-order valence-corrected chi connectivity index (χ1v) is 7.08. The molecule has 11 nitrogen and oxygen atoms in total. The van der Waals surface area contributed by atoms with Gasteiger partial charge in [-0.2, -0.15) is 0 Å². The van der Waals surface area contributed by atoms with Crippen molar-refractivity contribution < 1.29 is 55.1 Å². The maximum absolute atomic E-state index is 9.94. The summed E-state index contributed by atoms with van der Waals surface area (Å²) in [5, 5.41) is 76.7. The predicted molar refractivity (Wildman–Crippen MR) is 68.6 cm³/mol. The summed E-state index contributed by atoms with van der Waals surface area (Å²) < 4.78 is 15.1. The molecule has 2 rings (SSSR count). The lowest BCUT2D eigenvalue weighted by Crippen LogP contribution is -2.64. The Bertz CT molecular complexity index is 380. The molecule has 2 saturated heterocycles. The smallest absolute Gasteiger partial charge is 0.187 e. The van der Waals surface area contributed by atoms with Crippen LogP contribution in [0.4, 0.5) is 0 Å². The molecule has 23 heavy (non-hydrogen) atoms. The number of rotatable bonds is 4. The summed E-state index contributed by atoms with van der Waals surface area (Å²) in [5.41, 5.74) is 0. The molecule has 0 amide bonds. The van der Waals surface area contributed by atoms with E-state index in [0.29, 0.717) is 0 Å². The van der Waals surface area contributed by atoms with Crippen molar-refractivity contribution in [2.75, 3.05) is 13.2 Å². The van der Waals surface area contributed by atoms with Crippen LogP contribution in [0.25, 0.3) is 0 Å². The first-order valence-electron chi connectivity index (χ1n) is 7.08. The van der Waals surface area contributed by atoms with Crippen LogP contribution in [0.2, 0.25) is 0 Å². The minimum absolute atomic E-state index is 0.651. The molecule has 0 aliphatic carbocycles. The van der Waals surface area contributed by atoms with Gasteiger partial charge in [-0.15, -0.1) is 0 Å². The van der Waals surface area contributed by atoms with Crippen LogP contribution in [-0.2, 0) is 14.2 Å². The molecule has 10 atom stereocenters. The van der Waals surface area contributed by atoms with Crippen molar-refractivity contribution in [3.63, 3.8) is 0 Å². The average Bonchev–Trinajstić information content (AvgIpc) is 2.54. The zero-order valence-electron chi connectivity index (χ0n) is 12.0. The van der Waals surface area contributed by atoms with Crippen LogP contribution in [0.5, 0.6) is 0 Å². The van der Waals surface area contributed by atoms with E-state index in [1.54, 1.807) is 0 Å². The Hall–Kier alpha value is -0.440. The van der Waals surface area contributed by atoms with Crippen LogP contribution in [-0.4, -0.2) is 115 Å². The van der Waals surface area contributed by atoms with Gasteiger partial charge in [-0.3, -0.25) is 0 Å². The molecule has 0 aromatic heterocycles. The van der Waals surface area contributed by atoms with Crippen molar-refractivity contribution in [1.82, 2.24) is 0 Å². The molecule has 0 unspecified atom stereocenters. The fourth-order valence-electron chi connectivity index (χ4n) is 2.55. The van der Waals surface area contributed by atoms with Crippen LogP contribution in [0.1, 0.15) is 0 Å². The first-order chi connectivity index (χ1) is 10.8. The van der Waals surface area contributed by atoms with E-state index in [4.69, 9.17) is 24.4 Å². The van der Waals surface area contributed by atoms with Gasteiger partial charge in [0, 0.05) is 0 Å². The molecule has 0 bridgehead atoms. The third kappa shape index (κ3) is 3.65. The second kappa shape index (κ2) is 7.63. The summed E-state index contributed by atoms with van der Waals surface area (Å²) >= 11 is 0. The van der Waals surface area contributed by atoms with Crippen molar-refractivity contribution in [2.45, 2.75) is 61.4 Å². The number of aliphatic hydroxyl groups is 8. The van der Waals surface area contributed by atoms with Gasteiger partial charge in [0.2, 0.25) is 0 Å². The van der Waals surface area contributed by atoms with Crippen molar-refractivity contribution in [3.05, 3.63) is 0 Å². The van der Waals surface area contributed by atoms with Gasteiger partial charge in [0.25, 0.3) is 0 Å². The Balaban J connectivity index is 2.08. The Morgan fingerprint density at radius 3 is 1.74 bits per heavy atom. The number of hydrogen-bond donors (Lipinski definition) is 8. The number of ether oxygens (including phenoxy) is 3. The summed E-state index contributed by atoms with van der Waals surface area (Å²) in [7, 11) is 0. The van der Waals surface area contributed by atoms with Gasteiger partial charge in [-0.1, -0.05) is 0 Å². The fourth-order valence-corrected chi connectivity index (χ4v) is 2.55. The van der Waals surface area contributed by atoms with Gasteiger partial charge in [0.1, 0.15) is 48.8 Å². The molecule has 0 spiro atoms. The van der Waals surface area contributed by atoms with Crippen molar-refractivity contribution in [3.8, 4) is 0 Å². The van der Waals surface area contributed by atoms with Crippen LogP contribution >= 0.6 is 0 Å². The van der Waals surface area contributed by atoms with Gasteiger partial charge in [-0.05, 0) is 0 Å². The SMILES string of the molecule is OC[C@H]1O[C@H](O[C@@H]2[C@@H](O)[C@H](O)[C@@H](CO)O[C@H]2O)[C@@H](O)[C@@H](O)[C@@H]1O. The number of aliphatic hydroxyl groups excluding tert-OH is 8. The zero-order valence-corrected chi connectivity index (χ0v) is 12.0. The van der Waals surface area contributed by atoms with Gasteiger partial charge < -0.3 is 55.1 Å². The summed E-state index contributed by atoms with van der Waals surface area (Å²) in [6.07, 6.45) is -15.6. The van der Waals surface area contributed by atoms with E-state index in [0.717, 1.165) is 0 Å². The monoisotopic (exact) mass is 342 g/mol. The lowest BCUT2D eigenvalue weighted by Gasteiger charge is -2.44. The number of hydrogen-bond acceptors (Lipinski definition) is 11. The quantitative estimate of drug-likeness (QED) is 0.243. The maximum atomic E-state index is 9.94. The third-order valence-corrected chi connectivity index (χ3v) is 3.98. The summed E-state index contributed by atoms with van der Waals surface area (Å²) in [6.45, 7) is -1.33. The molecule has 0 aromatic carbocycles. The second-order valence-electron chi connectivity index (χ2n) is 5.53. The minimum Gasteiger partial charge on any atom is -0.394 e. The Morgan fingerprint density at radius 1 is 0.652 bits per heavy atom. The standard InChI is InChI=1S/C12H22O11/c13-1-3-6(16)8(18)10(11(20)21-3)23-12-9(19)7(17)5(15)4(2-14)22-12/h3-20H,1-2H2/t3-,4-,5-,6-,7+,8+,9+,10-,11-,12-/m1/s1. The molecule has 0 radical (unpaired) electrons. The topological polar surface area (TPSA) is 190 Å². The Labute approximate surface area is 130 Å². The third-order valence-electron chi connectivity index (χ3n) is 3.98. The normalized spacial score (nSPS) is 51.7. The highest BCUT2D eigenvalue weighted by molar-refractivity contribution is 4.93. The summed E-state index contributed by atoms with van der Waals surface area (Å²) in [6, 6.07) is 0. The van der Waals surface area contributed by atoms with E-state index in [2.05, 4.69) is 0 Å². The predicted octanol–water partition coefficient (Wildman–Crippen LogP) is -5.40. The Morgan fingerprint density at radius 2 is 1.17 bits per heavy atom. The first kappa shape index (κ1) is 18.9. The van der Waals surface area contributed by atoms with Crippen molar-refractivity contribution >= 4 is 0 Å². The van der Waals surface area contributed by atoms with Gasteiger partial charge in [0.15, 0.2) is 12.6 Å². The molecule has 8 N–H and O–H groups in total. The molecular formula is C12H22O11. The molecule has 0 aromatic rings. The molecule has 2 aliphatic rings. The molecular weight excluding hydrogens is 320 g/mol. The lowest BCUT2D eigenvalue weighted by molar-refractivity contribution is -0.361. The molecule has 11 heteroatoms. The zero-order chi connectivity index (χ0) is 17.3. The minimum atomic E-state index is -1.75. The van der Waals surface area contributed by atoms with Crippen molar-refractivity contribution in [2.24, 2.45) is 0 Å². The van der Waals surface area contributed by atoms with Crippen LogP contribution in [0.15, 0.2) is 0 Å². The molecule has 0 saturated carbocycles. The summed E-state index contributed by atoms with van der Waals surface area (Å²) in [4.78, 5) is 0. The maximum Gasteiger partial charge on any atom is 0.187 e. The van der Waals surface area contributed by atoms with Crippen molar-refractivity contribution in [1.29, 1.82) is 0 Å². The second-order valence-corrected chi connectivity index (χ2v) is 5.53. The Kier molecular flexibility index (Phi) is 6.27. The van der Waals surface area contributed by atoms with Crippen LogP contribution < -0.4 is 0 Å². The van der Waals surface area contributed by atoms with Gasteiger partial charge in [-0.25, -0.2) is 0 Å². The van der Waals surface area contributed by atoms with Gasteiger partial charge >= 0.3 is 0 Å². The van der Waals surface area contributed by atoms with Crippen LogP contribution in [0, 0.1) is 0 Å². The fraction of sp³-hybridized carbons (Fsp3) is 1.00. The average molecular weight is 342 g/mol.